The van der Waals surface area contributed by atoms with Crippen molar-refractivity contribution in [2.45, 2.75) is 13.8 Å². The third-order valence-electron chi connectivity index (χ3n) is 3.34. The van der Waals surface area contributed by atoms with Crippen molar-refractivity contribution in [1.82, 2.24) is 10.4 Å². The molecule has 5 nitrogen and oxygen atoms in total. The van der Waals surface area contributed by atoms with Crippen LogP contribution in [0.3, 0.4) is 0 Å². The van der Waals surface area contributed by atoms with Gasteiger partial charge in [0.1, 0.15) is 0 Å². The highest BCUT2D eigenvalue weighted by Crippen LogP contribution is 2.14. The summed E-state index contributed by atoms with van der Waals surface area (Å²) in [5.74, 6) is -0.226. The molecule has 0 spiro atoms. The first-order chi connectivity index (χ1) is 10.7. The first-order valence-corrected chi connectivity index (χ1v) is 7.33. The number of hydrogen-bond donors (Lipinski definition) is 1. The highest BCUT2D eigenvalue weighted by Gasteiger charge is 2.06. The molecular weight excluding hydrogens is 276 g/mol. The van der Waals surface area contributed by atoms with E-state index in [2.05, 4.69) is 34.3 Å². The monoisotopic (exact) mass is 296 g/mol. The molecule has 1 N–H and O–H groups in total. The molecule has 5 heteroatoms. The van der Waals surface area contributed by atoms with Gasteiger partial charge in [0.2, 0.25) is 0 Å². The van der Waals surface area contributed by atoms with Gasteiger partial charge >= 0.3 is 0 Å². The fraction of sp³-hybridized carbons (Fsp3) is 0.235. The van der Waals surface area contributed by atoms with Gasteiger partial charge in [-0.05, 0) is 55.8 Å². The van der Waals surface area contributed by atoms with Crippen molar-refractivity contribution in [3.8, 4) is 0 Å². The van der Waals surface area contributed by atoms with E-state index in [4.69, 9.17) is 0 Å². The SMILES string of the molecule is CCN(CC)c1ccc(C(=O)N/N=C/c2ccncc2)cc1. The minimum absolute atomic E-state index is 0.226. The van der Waals surface area contributed by atoms with Gasteiger partial charge in [-0.15, -0.1) is 0 Å². The molecule has 0 aliphatic rings. The fourth-order valence-corrected chi connectivity index (χ4v) is 2.09. The maximum absolute atomic E-state index is 12.0. The molecule has 2 aromatic rings. The number of nitrogens with one attached hydrogen (secondary N) is 1. The van der Waals surface area contributed by atoms with E-state index >= 15 is 0 Å². The second-order valence-electron chi connectivity index (χ2n) is 4.70. The predicted octanol–water partition coefficient (Wildman–Crippen LogP) is 2.69. The van der Waals surface area contributed by atoms with Gasteiger partial charge in [-0.3, -0.25) is 9.78 Å². The molecule has 22 heavy (non-hydrogen) atoms. The molecule has 1 aromatic heterocycles. The topological polar surface area (TPSA) is 57.6 Å². The second kappa shape index (κ2) is 7.93. The van der Waals surface area contributed by atoms with Gasteiger partial charge in [0, 0.05) is 36.7 Å². The Balaban J connectivity index is 1.97. The molecule has 0 fully saturated rings. The minimum Gasteiger partial charge on any atom is -0.372 e. The molecular formula is C17H20N4O. The Kier molecular flexibility index (Phi) is 5.65. The number of hydrogen-bond acceptors (Lipinski definition) is 4. The van der Waals surface area contributed by atoms with Crippen LogP contribution in [-0.2, 0) is 0 Å². The maximum Gasteiger partial charge on any atom is 0.271 e. The van der Waals surface area contributed by atoms with Gasteiger partial charge in [0.25, 0.3) is 5.91 Å². The summed E-state index contributed by atoms with van der Waals surface area (Å²) in [6.07, 6.45) is 4.94. The summed E-state index contributed by atoms with van der Waals surface area (Å²) >= 11 is 0. The Morgan fingerprint density at radius 2 is 1.77 bits per heavy atom. The molecule has 0 aliphatic heterocycles. The van der Waals surface area contributed by atoms with E-state index in [-0.39, 0.29) is 5.91 Å². The van der Waals surface area contributed by atoms with Crippen LogP contribution in [0.4, 0.5) is 5.69 Å². The molecule has 1 heterocycles. The number of carbonyl (C=O) groups excluding carboxylic acids is 1. The van der Waals surface area contributed by atoms with E-state index in [0.29, 0.717) is 5.56 Å². The highest BCUT2D eigenvalue weighted by molar-refractivity contribution is 5.95. The summed E-state index contributed by atoms with van der Waals surface area (Å²) in [5, 5.41) is 3.95. The maximum atomic E-state index is 12.0. The Morgan fingerprint density at radius 3 is 2.36 bits per heavy atom. The third kappa shape index (κ3) is 4.15. The van der Waals surface area contributed by atoms with Gasteiger partial charge in [0.15, 0.2) is 0 Å². The number of carbonyl (C=O) groups is 1. The largest absolute Gasteiger partial charge is 0.372 e. The van der Waals surface area contributed by atoms with E-state index < -0.39 is 0 Å². The van der Waals surface area contributed by atoms with Crippen LogP contribution >= 0.6 is 0 Å². The summed E-state index contributed by atoms with van der Waals surface area (Å²) in [4.78, 5) is 18.1. The lowest BCUT2D eigenvalue weighted by molar-refractivity contribution is 0.0955. The number of benzene rings is 1. The zero-order valence-electron chi connectivity index (χ0n) is 12.9. The van der Waals surface area contributed by atoms with Crippen LogP contribution in [0.1, 0.15) is 29.8 Å². The smallest absolute Gasteiger partial charge is 0.271 e. The van der Waals surface area contributed by atoms with Gasteiger partial charge < -0.3 is 4.90 Å². The van der Waals surface area contributed by atoms with Crippen LogP contribution < -0.4 is 10.3 Å². The molecule has 2 rings (SSSR count). The third-order valence-corrected chi connectivity index (χ3v) is 3.34. The van der Waals surface area contributed by atoms with Crippen LogP contribution in [0.25, 0.3) is 0 Å². The van der Waals surface area contributed by atoms with E-state index in [0.717, 1.165) is 24.3 Å². The van der Waals surface area contributed by atoms with E-state index in [9.17, 15) is 4.79 Å². The molecule has 0 saturated carbocycles. The van der Waals surface area contributed by atoms with Crippen molar-refractivity contribution in [2.75, 3.05) is 18.0 Å². The van der Waals surface area contributed by atoms with Crippen molar-refractivity contribution >= 4 is 17.8 Å². The molecule has 0 aliphatic carbocycles. The molecule has 1 aromatic carbocycles. The van der Waals surface area contributed by atoms with Gasteiger partial charge in [0.05, 0.1) is 6.21 Å². The quantitative estimate of drug-likeness (QED) is 0.658. The van der Waals surface area contributed by atoms with Crippen LogP contribution in [0.15, 0.2) is 53.9 Å². The zero-order valence-corrected chi connectivity index (χ0v) is 12.9. The standard InChI is InChI=1S/C17H20N4O/c1-3-21(4-2)16-7-5-15(6-8-16)17(22)20-19-13-14-9-11-18-12-10-14/h5-13H,3-4H2,1-2H3,(H,20,22)/b19-13+. The molecule has 0 atom stereocenters. The van der Waals surface area contributed by atoms with Gasteiger partial charge in [-0.25, -0.2) is 5.43 Å². The number of nitrogens with zero attached hydrogens (tertiary/aromatic N) is 3. The lowest BCUT2D eigenvalue weighted by atomic mass is 10.2. The first kappa shape index (κ1) is 15.7. The van der Waals surface area contributed by atoms with Crippen LogP contribution in [0.5, 0.6) is 0 Å². The van der Waals surface area contributed by atoms with Crippen molar-refractivity contribution in [1.29, 1.82) is 0 Å². The summed E-state index contributed by atoms with van der Waals surface area (Å²) in [7, 11) is 0. The average Bonchev–Trinajstić information content (AvgIpc) is 2.57. The van der Waals surface area contributed by atoms with E-state index in [1.807, 2.05) is 36.4 Å². The molecule has 0 unspecified atom stereocenters. The van der Waals surface area contributed by atoms with E-state index in [1.165, 1.54) is 0 Å². The number of aromatic nitrogens is 1. The molecule has 0 saturated heterocycles. The molecule has 114 valence electrons. The summed E-state index contributed by atoms with van der Waals surface area (Å²) < 4.78 is 0. The number of amides is 1. The van der Waals surface area contributed by atoms with Crippen molar-refractivity contribution in [2.24, 2.45) is 5.10 Å². The van der Waals surface area contributed by atoms with Gasteiger partial charge in [-0.1, -0.05) is 0 Å². The Hall–Kier alpha value is -2.69. The number of pyridine rings is 1. The Bertz CT molecular complexity index is 619. The summed E-state index contributed by atoms with van der Waals surface area (Å²) in [5.41, 5.74) is 5.10. The number of anilines is 1. The Morgan fingerprint density at radius 1 is 1.14 bits per heavy atom. The lowest BCUT2D eigenvalue weighted by Gasteiger charge is -2.20. The second-order valence-corrected chi connectivity index (χ2v) is 4.70. The van der Waals surface area contributed by atoms with Crippen LogP contribution in [0, 0.1) is 0 Å². The number of rotatable bonds is 6. The summed E-state index contributed by atoms with van der Waals surface area (Å²) in [6, 6.07) is 11.2. The average molecular weight is 296 g/mol. The predicted molar refractivity (Wildman–Crippen MR) is 89.3 cm³/mol. The van der Waals surface area contributed by atoms with Crippen molar-refractivity contribution < 1.29 is 4.79 Å². The normalized spacial score (nSPS) is 10.6. The first-order valence-electron chi connectivity index (χ1n) is 7.33. The minimum atomic E-state index is -0.226. The molecule has 0 bridgehead atoms. The summed E-state index contributed by atoms with van der Waals surface area (Å²) in [6.45, 7) is 6.10. The van der Waals surface area contributed by atoms with Gasteiger partial charge in [-0.2, -0.15) is 5.10 Å². The zero-order chi connectivity index (χ0) is 15.8. The van der Waals surface area contributed by atoms with Crippen molar-refractivity contribution in [3.63, 3.8) is 0 Å². The van der Waals surface area contributed by atoms with Crippen molar-refractivity contribution in [3.05, 3.63) is 59.9 Å². The highest BCUT2D eigenvalue weighted by atomic mass is 16.2. The van der Waals surface area contributed by atoms with Crippen LogP contribution in [-0.4, -0.2) is 30.2 Å². The molecule has 1 amide bonds. The van der Waals surface area contributed by atoms with E-state index in [1.54, 1.807) is 18.6 Å². The molecule has 0 radical (unpaired) electrons. The lowest BCUT2D eigenvalue weighted by Crippen LogP contribution is -2.22. The Labute approximate surface area is 130 Å². The van der Waals surface area contributed by atoms with Crippen LogP contribution in [0.2, 0.25) is 0 Å². The fourth-order valence-electron chi connectivity index (χ4n) is 2.09. The number of hydrazone groups is 1.